The monoisotopic (exact) mass is 522 g/mol. The molecule has 1 aromatic carbocycles. The number of esters is 1. The van der Waals surface area contributed by atoms with Crippen molar-refractivity contribution in [2.45, 2.75) is 62.4 Å². The van der Waals surface area contributed by atoms with Crippen LogP contribution in [0, 0.1) is 11.8 Å². The third-order valence-electron chi connectivity index (χ3n) is 7.03. The van der Waals surface area contributed by atoms with Crippen molar-refractivity contribution in [3.05, 3.63) is 47.7 Å². The molecule has 12 nitrogen and oxygen atoms in total. The molecule has 1 aliphatic carbocycles. The number of ether oxygens (including phenoxy) is 4. The number of carboxylic acids is 1. The van der Waals surface area contributed by atoms with Crippen molar-refractivity contribution in [2.24, 2.45) is 11.8 Å². The molecule has 1 aromatic rings. The van der Waals surface area contributed by atoms with E-state index < -0.39 is 73.0 Å². The molecule has 6 N–H and O–H groups in total. The molecule has 12 heteroatoms. The molecule has 0 spiro atoms. The minimum Gasteiger partial charge on any atom is -0.508 e. The fourth-order valence-electron chi connectivity index (χ4n) is 5.04. The van der Waals surface area contributed by atoms with Crippen LogP contribution in [0.4, 0.5) is 0 Å². The SMILES string of the molecule is C[C@@]1(O)CC[C@@H]2C(C(=O)O)=CO[C@@H](O[C@H]3O[C@@H](CO)[C@H](O)[C@@H](O)[C@@H]3OC(=O)/C=C/c3ccc(O)cc3)[C@@H]21. The summed E-state index contributed by atoms with van der Waals surface area (Å²) in [6, 6.07) is 5.97. The lowest BCUT2D eigenvalue weighted by Gasteiger charge is -2.44. The maximum absolute atomic E-state index is 12.5. The lowest BCUT2D eigenvalue weighted by Crippen LogP contribution is -2.61. The molecule has 2 aliphatic heterocycles. The van der Waals surface area contributed by atoms with Crippen LogP contribution in [0.15, 0.2) is 42.2 Å². The normalized spacial score (nSPS) is 37.5. The molecule has 2 fully saturated rings. The first-order valence-corrected chi connectivity index (χ1v) is 11.8. The second kappa shape index (κ2) is 10.8. The average Bonchev–Trinajstić information content (AvgIpc) is 3.18. The molecule has 1 saturated carbocycles. The van der Waals surface area contributed by atoms with Crippen molar-refractivity contribution in [1.29, 1.82) is 0 Å². The van der Waals surface area contributed by atoms with E-state index in [0.29, 0.717) is 12.0 Å². The van der Waals surface area contributed by atoms with E-state index in [2.05, 4.69) is 0 Å². The summed E-state index contributed by atoms with van der Waals surface area (Å²) in [5.41, 5.74) is -0.792. The molecule has 0 bridgehead atoms. The number of carbonyl (C=O) groups is 2. The number of benzene rings is 1. The summed E-state index contributed by atoms with van der Waals surface area (Å²) in [6.07, 6.45) is -4.80. The zero-order valence-electron chi connectivity index (χ0n) is 19.9. The number of fused-ring (bicyclic) bond motifs is 1. The van der Waals surface area contributed by atoms with E-state index in [1.807, 2.05) is 0 Å². The summed E-state index contributed by atoms with van der Waals surface area (Å²) in [6.45, 7) is 0.850. The highest BCUT2D eigenvalue weighted by Crippen LogP contribution is 2.49. The van der Waals surface area contributed by atoms with Crippen molar-refractivity contribution in [1.82, 2.24) is 0 Å². The predicted octanol–water partition coefficient (Wildman–Crippen LogP) is -0.125. The maximum Gasteiger partial charge on any atom is 0.334 e. The molecule has 37 heavy (non-hydrogen) atoms. The number of aliphatic hydroxyl groups is 4. The molecular formula is C25H30O12. The lowest BCUT2D eigenvalue weighted by atomic mass is 9.81. The number of phenolic OH excluding ortho intramolecular Hbond substituents is 1. The molecule has 4 rings (SSSR count). The highest BCUT2D eigenvalue weighted by atomic mass is 16.8. The highest BCUT2D eigenvalue weighted by Gasteiger charge is 2.56. The Morgan fingerprint density at radius 1 is 1.16 bits per heavy atom. The van der Waals surface area contributed by atoms with Gasteiger partial charge in [-0.25, -0.2) is 9.59 Å². The predicted molar refractivity (Wildman–Crippen MR) is 123 cm³/mol. The first-order chi connectivity index (χ1) is 17.5. The number of hydrogen-bond acceptors (Lipinski definition) is 11. The van der Waals surface area contributed by atoms with Gasteiger partial charge < -0.3 is 49.6 Å². The smallest absolute Gasteiger partial charge is 0.334 e. The van der Waals surface area contributed by atoms with Crippen molar-refractivity contribution in [2.75, 3.05) is 6.61 Å². The van der Waals surface area contributed by atoms with Crippen LogP contribution in [0.1, 0.15) is 25.3 Å². The van der Waals surface area contributed by atoms with Crippen LogP contribution in [0.2, 0.25) is 0 Å². The topological polar surface area (TPSA) is 192 Å². The Morgan fingerprint density at radius 2 is 1.86 bits per heavy atom. The van der Waals surface area contributed by atoms with Crippen LogP contribution in [-0.4, -0.2) is 91.8 Å². The van der Waals surface area contributed by atoms with Gasteiger partial charge in [0.1, 0.15) is 24.1 Å². The number of hydrogen-bond donors (Lipinski definition) is 6. The van der Waals surface area contributed by atoms with Crippen molar-refractivity contribution >= 4 is 18.0 Å². The number of phenols is 1. The maximum atomic E-state index is 12.5. The van der Waals surface area contributed by atoms with Gasteiger partial charge in [-0.15, -0.1) is 0 Å². The summed E-state index contributed by atoms with van der Waals surface area (Å²) in [5.74, 6) is -3.46. The first-order valence-electron chi connectivity index (χ1n) is 11.8. The van der Waals surface area contributed by atoms with Gasteiger partial charge >= 0.3 is 11.9 Å². The molecule has 0 unspecified atom stereocenters. The molecule has 0 aromatic heterocycles. The average molecular weight is 523 g/mol. The second-order valence-corrected chi connectivity index (χ2v) is 9.58. The third kappa shape index (κ3) is 5.64. The van der Waals surface area contributed by atoms with Gasteiger partial charge in [-0.2, -0.15) is 0 Å². The molecule has 3 aliphatic rings. The molecule has 0 amide bonds. The Bertz CT molecular complexity index is 1050. The number of carboxylic acid groups (broad SMARTS) is 1. The third-order valence-corrected chi connectivity index (χ3v) is 7.03. The van der Waals surface area contributed by atoms with E-state index in [9.17, 15) is 40.2 Å². The van der Waals surface area contributed by atoms with Gasteiger partial charge in [0.25, 0.3) is 0 Å². The van der Waals surface area contributed by atoms with Crippen LogP contribution < -0.4 is 0 Å². The van der Waals surface area contributed by atoms with Gasteiger partial charge in [-0.1, -0.05) is 12.1 Å². The van der Waals surface area contributed by atoms with Crippen molar-refractivity contribution in [3.8, 4) is 5.75 Å². The fraction of sp³-hybridized carbons (Fsp3) is 0.520. The number of carbonyl (C=O) groups excluding carboxylic acids is 1. The van der Waals surface area contributed by atoms with Gasteiger partial charge in [0.05, 0.1) is 30.0 Å². The minimum absolute atomic E-state index is 0.0155. The summed E-state index contributed by atoms with van der Waals surface area (Å²) in [4.78, 5) is 24.2. The van der Waals surface area contributed by atoms with Crippen LogP contribution in [0.3, 0.4) is 0 Å². The van der Waals surface area contributed by atoms with Gasteiger partial charge in [0.2, 0.25) is 12.6 Å². The largest absolute Gasteiger partial charge is 0.508 e. The highest BCUT2D eigenvalue weighted by molar-refractivity contribution is 5.87. The quantitative estimate of drug-likeness (QED) is 0.206. The molecular weight excluding hydrogens is 492 g/mol. The molecule has 202 valence electrons. The zero-order chi connectivity index (χ0) is 26.9. The van der Waals surface area contributed by atoms with Gasteiger partial charge in [-0.3, -0.25) is 0 Å². The number of aliphatic carboxylic acids is 1. The van der Waals surface area contributed by atoms with Gasteiger partial charge in [0, 0.05) is 12.0 Å². The second-order valence-electron chi connectivity index (χ2n) is 9.58. The van der Waals surface area contributed by atoms with Crippen LogP contribution in [-0.2, 0) is 28.5 Å². The van der Waals surface area contributed by atoms with E-state index in [-0.39, 0.29) is 17.7 Å². The zero-order valence-corrected chi connectivity index (χ0v) is 19.9. The number of aliphatic hydroxyl groups excluding tert-OH is 3. The fourth-order valence-corrected chi connectivity index (χ4v) is 5.04. The first kappa shape index (κ1) is 27.0. The summed E-state index contributed by atoms with van der Waals surface area (Å²) in [5, 5.41) is 60.4. The van der Waals surface area contributed by atoms with Gasteiger partial charge in [0.15, 0.2) is 6.10 Å². The Labute approximate surface area is 212 Å². The summed E-state index contributed by atoms with van der Waals surface area (Å²) >= 11 is 0. The Hall–Kier alpha value is -3.00. The van der Waals surface area contributed by atoms with E-state index >= 15 is 0 Å². The van der Waals surface area contributed by atoms with Crippen LogP contribution in [0.5, 0.6) is 5.75 Å². The summed E-state index contributed by atoms with van der Waals surface area (Å²) in [7, 11) is 0. The molecule has 9 atom stereocenters. The van der Waals surface area contributed by atoms with Crippen LogP contribution in [0.25, 0.3) is 6.08 Å². The molecule has 2 heterocycles. The Balaban J connectivity index is 1.55. The van der Waals surface area contributed by atoms with Crippen molar-refractivity contribution < 1.29 is 59.2 Å². The molecule has 0 radical (unpaired) electrons. The Morgan fingerprint density at radius 3 is 2.51 bits per heavy atom. The van der Waals surface area contributed by atoms with Crippen molar-refractivity contribution in [3.63, 3.8) is 0 Å². The van der Waals surface area contributed by atoms with E-state index in [4.69, 9.17) is 18.9 Å². The minimum atomic E-state index is -1.71. The summed E-state index contributed by atoms with van der Waals surface area (Å²) < 4.78 is 22.3. The lowest BCUT2D eigenvalue weighted by molar-refractivity contribution is -0.346. The van der Waals surface area contributed by atoms with E-state index in [0.717, 1.165) is 12.3 Å². The standard InChI is InChI=1S/C25H30O12/c1-25(33)9-8-14-15(22(31)32)11-34-23(18(14)25)37-24-21(20(30)19(29)16(10-26)35-24)36-17(28)7-4-12-2-5-13(27)6-3-12/h2-7,11,14,16,18-21,23-24,26-27,29-30,33H,8-10H2,1H3,(H,31,32)/b7-4+/t14-,16+,18-,19+,20-,21+,23+,24-,25-/m1/s1. The van der Waals surface area contributed by atoms with E-state index in [1.54, 1.807) is 12.1 Å². The van der Waals surface area contributed by atoms with Crippen LogP contribution >= 0.6 is 0 Å². The number of aromatic hydroxyl groups is 1. The van der Waals surface area contributed by atoms with Gasteiger partial charge in [-0.05, 0) is 43.5 Å². The number of rotatable bonds is 7. The Kier molecular flexibility index (Phi) is 7.88. The van der Waals surface area contributed by atoms with E-state index in [1.165, 1.54) is 25.1 Å². The molecule has 1 saturated heterocycles.